The summed E-state index contributed by atoms with van der Waals surface area (Å²) in [6.45, 7) is 0. The van der Waals surface area contributed by atoms with Crippen LogP contribution in [-0.2, 0) is 14.3 Å². The molecule has 1 aliphatic carbocycles. The molecule has 2 atom stereocenters. The largest absolute Gasteiger partial charge is 0.381 e. The summed E-state index contributed by atoms with van der Waals surface area (Å²) >= 11 is 0. The summed E-state index contributed by atoms with van der Waals surface area (Å²) in [4.78, 5) is 11.0. The fourth-order valence-electron chi connectivity index (χ4n) is 1.41. The third-order valence-corrected chi connectivity index (χ3v) is 2.10. The number of ether oxygens (including phenoxy) is 2. The summed E-state index contributed by atoms with van der Waals surface area (Å²) in [7, 11) is 3.27. The maximum absolute atomic E-state index is 11.0. The van der Waals surface area contributed by atoms with Crippen molar-refractivity contribution in [1.82, 2.24) is 0 Å². The Balaban J connectivity index is 2.43. The second-order valence-corrected chi connectivity index (χ2v) is 2.90. The van der Waals surface area contributed by atoms with Crippen LogP contribution in [-0.4, -0.2) is 32.2 Å². The van der Waals surface area contributed by atoms with Crippen molar-refractivity contribution in [3.05, 3.63) is 0 Å². The van der Waals surface area contributed by atoms with Crippen LogP contribution in [0.4, 0.5) is 0 Å². The van der Waals surface area contributed by atoms with Crippen molar-refractivity contribution >= 4 is 5.78 Å². The Labute approximate surface area is 66.7 Å². The summed E-state index contributed by atoms with van der Waals surface area (Å²) in [5.41, 5.74) is 0. The van der Waals surface area contributed by atoms with Crippen LogP contribution in [0.15, 0.2) is 0 Å². The van der Waals surface area contributed by atoms with Gasteiger partial charge < -0.3 is 9.47 Å². The highest BCUT2D eigenvalue weighted by molar-refractivity contribution is 5.80. The predicted molar refractivity (Wildman–Crippen MR) is 40.5 cm³/mol. The smallest absolute Gasteiger partial charge is 0.138 e. The minimum Gasteiger partial charge on any atom is -0.381 e. The van der Waals surface area contributed by atoms with Crippen LogP contribution in [0, 0.1) is 0 Å². The molecule has 11 heavy (non-hydrogen) atoms. The number of hydrogen-bond donors (Lipinski definition) is 0. The first-order chi connectivity index (χ1) is 5.26. The second kappa shape index (κ2) is 3.83. The van der Waals surface area contributed by atoms with Crippen LogP contribution in [0.2, 0.25) is 0 Å². The SMILES string of the molecule is CO[C@H]1CC(=O)C[C@H](OC)C1. The second-order valence-electron chi connectivity index (χ2n) is 2.90. The van der Waals surface area contributed by atoms with Gasteiger partial charge in [0.2, 0.25) is 0 Å². The first kappa shape index (κ1) is 8.68. The molecule has 0 radical (unpaired) electrons. The molecule has 3 nitrogen and oxygen atoms in total. The Morgan fingerprint density at radius 1 is 1.18 bits per heavy atom. The molecule has 0 saturated heterocycles. The molecule has 0 N–H and O–H groups in total. The quantitative estimate of drug-likeness (QED) is 0.595. The Bertz CT molecular complexity index is 130. The van der Waals surface area contributed by atoms with Crippen molar-refractivity contribution in [2.45, 2.75) is 31.5 Å². The summed E-state index contributed by atoms with van der Waals surface area (Å²) in [6.07, 6.45) is 2.09. The number of carbonyl (C=O) groups excluding carboxylic acids is 1. The van der Waals surface area contributed by atoms with Gasteiger partial charge in [-0.1, -0.05) is 0 Å². The summed E-state index contributed by atoms with van der Waals surface area (Å²) < 4.78 is 10.2. The van der Waals surface area contributed by atoms with Crippen molar-refractivity contribution in [1.29, 1.82) is 0 Å². The van der Waals surface area contributed by atoms with Gasteiger partial charge in [0.25, 0.3) is 0 Å². The summed E-state index contributed by atoms with van der Waals surface area (Å²) in [5, 5.41) is 0. The predicted octanol–water partition coefficient (Wildman–Crippen LogP) is 0.769. The lowest BCUT2D eigenvalue weighted by Gasteiger charge is -2.25. The van der Waals surface area contributed by atoms with E-state index < -0.39 is 0 Å². The molecule has 0 amide bonds. The first-order valence-electron chi connectivity index (χ1n) is 3.83. The van der Waals surface area contributed by atoms with Gasteiger partial charge in [-0.25, -0.2) is 0 Å². The lowest BCUT2D eigenvalue weighted by molar-refractivity contribution is -0.129. The van der Waals surface area contributed by atoms with Gasteiger partial charge in [0.1, 0.15) is 5.78 Å². The molecule has 1 aliphatic rings. The van der Waals surface area contributed by atoms with Crippen molar-refractivity contribution < 1.29 is 14.3 Å². The highest BCUT2D eigenvalue weighted by atomic mass is 16.5. The molecule has 0 aliphatic heterocycles. The van der Waals surface area contributed by atoms with Crippen molar-refractivity contribution in [2.75, 3.05) is 14.2 Å². The monoisotopic (exact) mass is 158 g/mol. The van der Waals surface area contributed by atoms with Crippen molar-refractivity contribution in [2.24, 2.45) is 0 Å². The van der Waals surface area contributed by atoms with Crippen molar-refractivity contribution in [3.8, 4) is 0 Å². The average molecular weight is 158 g/mol. The first-order valence-corrected chi connectivity index (χ1v) is 3.83. The Morgan fingerprint density at radius 2 is 1.64 bits per heavy atom. The van der Waals surface area contributed by atoms with E-state index in [0.717, 1.165) is 6.42 Å². The molecular weight excluding hydrogens is 144 g/mol. The van der Waals surface area contributed by atoms with E-state index in [2.05, 4.69) is 0 Å². The number of rotatable bonds is 2. The summed E-state index contributed by atoms with van der Waals surface area (Å²) in [5.74, 6) is 0.245. The highest BCUT2D eigenvalue weighted by Crippen LogP contribution is 2.19. The number of ketones is 1. The maximum atomic E-state index is 11.0. The Morgan fingerprint density at radius 3 is 2.00 bits per heavy atom. The third-order valence-electron chi connectivity index (χ3n) is 2.10. The molecule has 0 spiro atoms. The zero-order valence-corrected chi connectivity index (χ0v) is 7.00. The Kier molecular flexibility index (Phi) is 3.02. The third kappa shape index (κ3) is 2.27. The number of carbonyl (C=O) groups is 1. The number of hydrogen-bond acceptors (Lipinski definition) is 3. The van der Waals surface area contributed by atoms with Gasteiger partial charge >= 0.3 is 0 Å². The molecule has 0 aromatic rings. The molecule has 1 saturated carbocycles. The zero-order valence-electron chi connectivity index (χ0n) is 7.00. The zero-order chi connectivity index (χ0) is 8.27. The molecule has 64 valence electrons. The molecule has 0 bridgehead atoms. The van der Waals surface area contributed by atoms with Crippen LogP contribution < -0.4 is 0 Å². The van der Waals surface area contributed by atoms with Gasteiger partial charge in [-0.3, -0.25) is 4.79 Å². The van der Waals surface area contributed by atoms with Gasteiger partial charge in [-0.15, -0.1) is 0 Å². The molecule has 1 fully saturated rings. The lowest BCUT2D eigenvalue weighted by Crippen LogP contribution is -2.32. The van der Waals surface area contributed by atoms with E-state index in [1.807, 2.05) is 0 Å². The highest BCUT2D eigenvalue weighted by Gasteiger charge is 2.26. The topological polar surface area (TPSA) is 35.5 Å². The van der Waals surface area contributed by atoms with E-state index in [-0.39, 0.29) is 18.0 Å². The fourth-order valence-corrected chi connectivity index (χ4v) is 1.41. The van der Waals surface area contributed by atoms with E-state index >= 15 is 0 Å². The van der Waals surface area contributed by atoms with Crippen LogP contribution in [0.3, 0.4) is 0 Å². The van der Waals surface area contributed by atoms with Gasteiger partial charge in [-0.05, 0) is 0 Å². The van der Waals surface area contributed by atoms with Crippen molar-refractivity contribution in [3.63, 3.8) is 0 Å². The minimum atomic E-state index is 0.0706. The van der Waals surface area contributed by atoms with Gasteiger partial charge in [0, 0.05) is 33.5 Å². The van der Waals surface area contributed by atoms with Crippen LogP contribution in [0.1, 0.15) is 19.3 Å². The minimum absolute atomic E-state index is 0.0706. The van der Waals surface area contributed by atoms with Crippen LogP contribution >= 0.6 is 0 Å². The van der Waals surface area contributed by atoms with E-state index in [0.29, 0.717) is 12.8 Å². The molecule has 1 rings (SSSR count). The van der Waals surface area contributed by atoms with E-state index in [9.17, 15) is 4.79 Å². The Hall–Kier alpha value is -0.410. The van der Waals surface area contributed by atoms with E-state index in [4.69, 9.17) is 9.47 Å². The van der Waals surface area contributed by atoms with Crippen LogP contribution in [0.25, 0.3) is 0 Å². The molecule has 3 heteroatoms. The van der Waals surface area contributed by atoms with Gasteiger partial charge in [0.15, 0.2) is 0 Å². The molecular formula is C8H14O3. The van der Waals surface area contributed by atoms with Gasteiger partial charge in [-0.2, -0.15) is 0 Å². The molecule has 0 aromatic carbocycles. The fraction of sp³-hybridized carbons (Fsp3) is 0.875. The normalized spacial score (nSPS) is 32.4. The lowest BCUT2D eigenvalue weighted by atomic mass is 9.94. The van der Waals surface area contributed by atoms with Crippen LogP contribution in [0.5, 0.6) is 0 Å². The standard InChI is InChI=1S/C8H14O3/c1-10-7-3-6(9)4-8(5-7)11-2/h7-8H,3-5H2,1-2H3/t7-,8-/m0/s1. The molecule has 0 heterocycles. The molecule has 0 unspecified atom stereocenters. The van der Waals surface area contributed by atoms with E-state index in [1.54, 1.807) is 14.2 Å². The van der Waals surface area contributed by atoms with E-state index in [1.165, 1.54) is 0 Å². The number of methoxy groups -OCH3 is 2. The maximum Gasteiger partial charge on any atom is 0.138 e. The molecule has 0 aromatic heterocycles. The van der Waals surface area contributed by atoms with Gasteiger partial charge in [0.05, 0.1) is 12.2 Å². The number of Topliss-reactive ketones (excluding diaryl/α,β-unsaturated/α-hetero) is 1. The summed E-state index contributed by atoms with van der Waals surface area (Å²) in [6, 6.07) is 0. The average Bonchev–Trinajstić information content (AvgIpc) is 2.03.